The summed E-state index contributed by atoms with van der Waals surface area (Å²) in [5, 5.41) is 2.81. The van der Waals surface area contributed by atoms with Crippen molar-refractivity contribution in [3.05, 3.63) is 15.9 Å². The Kier molecular flexibility index (Phi) is 2.70. The lowest BCUT2D eigenvalue weighted by Gasteiger charge is -1.98. The number of hydrazine groups is 1. The van der Waals surface area contributed by atoms with E-state index in [2.05, 4.69) is 26.8 Å². The van der Waals surface area contributed by atoms with Gasteiger partial charge in [-0.15, -0.1) is 11.3 Å². The highest BCUT2D eigenvalue weighted by Gasteiger charge is 1.96. The lowest BCUT2D eigenvalue weighted by molar-refractivity contribution is -0.109. The average Bonchev–Trinajstić information content (AvgIpc) is 2.31. The highest BCUT2D eigenvalue weighted by atomic mass is 79.9. The summed E-state index contributed by atoms with van der Waals surface area (Å²) in [6.45, 7) is 0. The molecule has 1 heterocycles. The minimum absolute atomic E-state index is 0.589. The molecular formula is C5H5BrN2OS. The minimum atomic E-state index is 0.589. The molecule has 0 aliphatic heterocycles. The molecule has 54 valence electrons. The smallest absolute Gasteiger partial charge is 0.225 e. The lowest BCUT2D eigenvalue weighted by atomic mass is 10.6. The van der Waals surface area contributed by atoms with E-state index >= 15 is 0 Å². The molecule has 0 saturated carbocycles. The summed E-state index contributed by atoms with van der Waals surface area (Å²) in [6.07, 6.45) is 0.589. The summed E-state index contributed by atoms with van der Waals surface area (Å²) >= 11 is 4.80. The first kappa shape index (κ1) is 7.56. The zero-order chi connectivity index (χ0) is 7.40. The Hall–Kier alpha value is -0.550. The zero-order valence-electron chi connectivity index (χ0n) is 4.93. The highest BCUT2D eigenvalue weighted by Crippen LogP contribution is 2.27. The number of thiophene rings is 1. The van der Waals surface area contributed by atoms with Gasteiger partial charge in [-0.25, -0.2) is 0 Å². The second kappa shape index (κ2) is 3.58. The number of hydrogen-bond acceptors (Lipinski definition) is 3. The summed E-state index contributed by atoms with van der Waals surface area (Å²) in [5.74, 6) is 0. The van der Waals surface area contributed by atoms with Crippen LogP contribution in [0.15, 0.2) is 15.9 Å². The number of carbonyl (C=O) groups excluding carboxylic acids is 1. The van der Waals surface area contributed by atoms with Crippen LogP contribution >= 0.6 is 27.3 Å². The monoisotopic (exact) mass is 220 g/mol. The maximum Gasteiger partial charge on any atom is 0.225 e. The third-order valence-corrected chi connectivity index (χ3v) is 2.61. The number of halogens is 1. The lowest BCUT2D eigenvalue weighted by Crippen LogP contribution is -2.18. The van der Waals surface area contributed by atoms with Gasteiger partial charge in [-0.3, -0.25) is 15.6 Å². The summed E-state index contributed by atoms with van der Waals surface area (Å²) in [5.41, 5.74) is 5.04. The van der Waals surface area contributed by atoms with E-state index in [9.17, 15) is 4.79 Å². The number of amides is 1. The van der Waals surface area contributed by atoms with Gasteiger partial charge in [0.05, 0.1) is 4.47 Å². The quantitative estimate of drug-likeness (QED) is 0.601. The van der Waals surface area contributed by atoms with Crippen LogP contribution in [0.5, 0.6) is 0 Å². The van der Waals surface area contributed by atoms with E-state index in [0.717, 1.165) is 9.47 Å². The van der Waals surface area contributed by atoms with E-state index in [4.69, 9.17) is 0 Å². The molecule has 0 radical (unpaired) electrons. The molecule has 0 bridgehead atoms. The van der Waals surface area contributed by atoms with Crippen molar-refractivity contribution in [3.8, 4) is 0 Å². The van der Waals surface area contributed by atoms with Crippen LogP contribution in [0.4, 0.5) is 5.00 Å². The van der Waals surface area contributed by atoms with Gasteiger partial charge in [0.1, 0.15) is 5.00 Å². The maximum atomic E-state index is 9.83. The molecule has 0 spiro atoms. The number of hydrogen-bond donors (Lipinski definition) is 2. The van der Waals surface area contributed by atoms with Crippen molar-refractivity contribution >= 4 is 38.7 Å². The van der Waals surface area contributed by atoms with Crippen LogP contribution in [-0.2, 0) is 4.79 Å². The predicted octanol–water partition coefficient (Wildman–Crippen LogP) is 1.58. The number of nitrogens with one attached hydrogen (secondary N) is 2. The third-order valence-electron chi connectivity index (χ3n) is 0.862. The van der Waals surface area contributed by atoms with Crippen LogP contribution in [0.3, 0.4) is 0 Å². The molecule has 1 rings (SSSR count). The van der Waals surface area contributed by atoms with Gasteiger partial charge in [-0.1, -0.05) is 0 Å². The second-order valence-corrected chi connectivity index (χ2v) is 3.26. The number of anilines is 1. The van der Waals surface area contributed by atoms with E-state index in [0.29, 0.717) is 6.41 Å². The Balaban J connectivity index is 2.56. The van der Waals surface area contributed by atoms with Crippen molar-refractivity contribution in [2.75, 3.05) is 5.43 Å². The Morgan fingerprint density at radius 1 is 1.70 bits per heavy atom. The number of rotatable bonds is 3. The molecule has 0 aliphatic carbocycles. The average molecular weight is 221 g/mol. The first-order valence-electron chi connectivity index (χ1n) is 2.53. The fraction of sp³-hybridized carbons (Fsp3) is 0. The highest BCUT2D eigenvalue weighted by molar-refractivity contribution is 9.10. The molecule has 5 heteroatoms. The third kappa shape index (κ3) is 1.71. The molecule has 1 amide bonds. The first-order chi connectivity index (χ1) is 4.84. The second-order valence-electron chi connectivity index (χ2n) is 1.48. The van der Waals surface area contributed by atoms with Crippen LogP contribution in [-0.4, -0.2) is 6.41 Å². The first-order valence-corrected chi connectivity index (χ1v) is 4.20. The van der Waals surface area contributed by atoms with Gasteiger partial charge in [-0.05, 0) is 27.4 Å². The summed E-state index contributed by atoms with van der Waals surface area (Å²) in [6, 6.07) is 1.90. The van der Waals surface area contributed by atoms with E-state index in [1.54, 1.807) is 0 Å². The fourth-order valence-corrected chi connectivity index (χ4v) is 1.80. The Labute approximate surface area is 70.5 Å². The fourth-order valence-electron chi connectivity index (χ4n) is 0.478. The zero-order valence-corrected chi connectivity index (χ0v) is 7.33. The molecule has 1 aromatic heterocycles. The minimum Gasteiger partial charge on any atom is -0.288 e. The molecule has 0 aliphatic rings. The molecule has 0 aromatic carbocycles. The Bertz CT molecular complexity index is 225. The van der Waals surface area contributed by atoms with Crippen LogP contribution in [0, 0.1) is 0 Å². The van der Waals surface area contributed by atoms with Crippen molar-refractivity contribution < 1.29 is 4.79 Å². The summed E-state index contributed by atoms with van der Waals surface area (Å²) in [4.78, 5) is 9.83. The van der Waals surface area contributed by atoms with Gasteiger partial charge in [-0.2, -0.15) is 0 Å². The summed E-state index contributed by atoms with van der Waals surface area (Å²) in [7, 11) is 0. The Morgan fingerprint density at radius 2 is 2.50 bits per heavy atom. The van der Waals surface area contributed by atoms with Gasteiger partial charge in [0.15, 0.2) is 0 Å². The molecule has 0 unspecified atom stereocenters. The predicted molar refractivity (Wildman–Crippen MR) is 44.8 cm³/mol. The van der Waals surface area contributed by atoms with Gasteiger partial charge in [0.25, 0.3) is 0 Å². The van der Waals surface area contributed by atoms with Crippen LogP contribution in [0.2, 0.25) is 0 Å². The molecule has 2 N–H and O–H groups in total. The van der Waals surface area contributed by atoms with Crippen molar-refractivity contribution in [1.82, 2.24) is 5.43 Å². The Morgan fingerprint density at radius 3 is 3.00 bits per heavy atom. The van der Waals surface area contributed by atoms with Crippen molar-refractivity contribution in [1.29, 1.82) is 0 Å². The molecule has 0 saturated heterocycles. The molecule has 10 heavy (non-hydrogen) atoms. The normalized spacial score (nSPS) is 8.90. The van der Waals surface area contributed by atoms with E-state index < -0.39 is 0 Å². The van der Waals surface area contributed by atoms with Crippen LogP contribution in [0.25, 0.3) is 0 Å². The van der Waals surface area contributed by atoms with Crippen molar-refractivity contribution in [3.63, 3.8) is 0 Å². The van der Waals surface area contributed by atoms with Crippen molar-refractivity contribution in [2.24, 2.45) is 0 Å². The van der Waals surface area contributed by atoms with Gasteiger partial charge >= 0.3 is 0 Å². The largest absolute Gasteiger partial charge is 0.288 e. The topological polar surface area (TPSA) is 41.1 Å². The van der Waals surface area contributed by atoms with Gasteiger partial charge in [0.2, 0.25) is 6.41 Å². The van der Waals surface area contributed by atoms with Crippen LogP contribution in [0.1, 0.15) is 0 Å². The molecule has 1 aromatic rings. The molecule has 0 atom stereocenters. The van der Waals surface area contributed by atoms with Crippen molar-refractivity contribution in [2.45, 2.75) is 0 Å². The molecule has 0 fully saturated rings. The van der Waals surface area contributed by atoms with E-state index in [-0.39, 0.29) is 0 Å². The maximum absolute atomic E-state index is 9.83. The van der Waals surface area contributed by atoms with Crippen LogP contribution < -0.4 is 10.9 Å². The molecule has 3 nitrogen and oxygen atoms in total. The number of carbonyl (C=O) groups is 1. The van der Waals surface area contributed by atoms with E-state index in [1.165, 1.54) is 11.3 Å². The van der Waals surface area contributed by atoms with E-state index in [1.807, 2.05) is 11.4 Å². The standard InChI is InChI=1S/C5H5BrN2OS/c6-4-1-2-10-5(4)8-7-3-9/h1-3,8H,(H,7,9). The summed E-state index contributed by atoms with van der Waals surface area (Å²) < 4.78 is 0.951. The SMILES string of the molecule is O=CNNc1sccc1Br. The van der Waals surface area contributed by atoms with Gasteiger partial charge in [0, 0.05) is 0 Å². The van der Waals surface area contributed by atoms with Gasteiger partial charge < -0.3 is 0 Å². The molecular weight excluding hydrogens is 216 g/mol.